The molecule has 3 heteroatoms. The van der Waals surface area contributed by atoms with Gasteiger partial charge in [0.25, 0.3) is 0 Å². The molecule has 3 rings (SSSR count). The number of fused-ring (bicyclic) bond motifs is 5. The molecule has 3 nitrogen and oxygen atoms in total. The lowest BCUT2D eigenvalue weighted by Crippen LogP contribution is -2.30. The quantitative estimate of drug-likeness (QED) is 0.502. The Hall–Kier alpha value is -0.380. The standard InChI is InChI=1S/C9H12O3/c1-2-4-7-9-8(10-5-11-9)6(3-1)12-7/h1-2,6-9H,3-5H2. The molecule has 0 N–H and O–H groups in total. The van der Waals surface area contributed by atoms with Crippen LogP contribution in [0.1, 0.15) is 12.8 Å². The first kappa shape index (κ1) is 7.06. The van der Waals surface area contributed by atoms with Gasteiger partial charge in [-0.2, -0.15) is 0 Å². The van der Waals surface area contributed by atoms with Crippen LogP contribution in [0.5, 0.6) is 0 Å². The van der Waals surface area contributed by atoms with Gasteiger partial charge >= 0.3 is 0 Å². The van der Waals surface area contributed by atoms with Gasteiger partial charge in [-0.15, -0.1) is 0 Å². The maximum absolute atomic E-state index is 5.78. The van der Waals surface area contributed by atoms with Gasteiger partial charge in [0.2, 0.25) is 0 Å². The lowest BCUT2D eigenvalue weighted by molar-refractivity contribution is -0.0689. The van der Waals surface area contributed by atoms with Crippen molar-refractivity contribution >= 4 is 0 Å². The molecule has 3 aliphatic heterocycles. The first-order valence-corrected chi connectivity index (χ1v) is 4.49. The third-order valence-corrected chi connectivity index (χ3v) is 2.83. The van der Waals surface area contributed by atoms with Crippen molar-refractivity contribution in [3.63, 3.8) is 0 Å². The van der Waals surface area contributed by atoms with Crippen molar-refractivity contribution < 1.29 is 14.2 Å². The topological polar surface area (TPSA) is 27.7 Å². The van der Waals surface area contributed by atoms with Crippen molar-refractivity contribution in [3.05, 3.63) is 12.2 Å². The van der Waals surface area contributed by atoms with E-state index in [0.29, 0.717) is 6.79 Å². The van der Waals surface area contributed by atoms with Gasteiger partial charge in [0.05, 0.1) is 12.2 Å². The summed E-state index contributed by atoms with van der Waals surface area (Å²) in [6.07, 6.45) is 7.18. The van der Waals surface area contributed by atoms with Crippen LogP contribution < -0.4 is 0 Å². The monoisotopic (exact) mass is 168 g/mol. The smallest absolute Gasteiger partial charge is 0.148 e. The third-order valence-electron chi connectivity index (χ3n) is 2.83. The van der Waals surface area contributed by atoms with Crippen molar-refractivity contribution in [3.8, 4) is 0 Å². The molecule has 0 amide bonds. The van der Waals surface area contributed by atoms with Gasteiger partial charge in [0, 0.05) is 0 Å². The Morgan fingerprint density at radius 2 is 1.50 bits per heavy atom. The summed E-state index contributed by atoms with van der Waals surface area (Å²) in [5.41, 5.74) is 0. The fourth-order valence-corrected chi connectivity index (χ4v) is 2.24. The van der Waals surface area contributed by atoms with E-state index in [-0.39, 0.29) is 24.4 Å². The fourth-order valence-electron chi connectivity index (χ4n) is 2.24. The minimum absolute atomic E-state index is 0.194. The molecule has 2 saturated heterocycles. The second kappa shape index (κ2) is 2.55. The maximum atomic E-state index is 5.78. The molecule has 3 aliphatic rings. The second-order valence-corrected chi connectivity index (χ2v) is 3.54. The van der Waals surface area contributed by atoms with Gasteiger partial charge in [0.15, 0.2) is 0 Å². The highest BCUT2D eigenvalue weighted by Crippen LogP contribution is 2.35. The summed E-state index contributed by atoms with van der Waals surface area (Å²) in [5.74, 6) is 0. The van der Waals surface area contributed by atoms with Crippen LogP contribution in [0, 0.1) is 0 Å². The molecule has 0 radical (unpaired) electrons. The Morgan fingerprint density at radius 3 is 2.08 bits per heavy atom. The van der Waals surface area contributed by atoms with E-state index in [1.54, 1.807) is 0 Å². The first-order valence-electron chi connectivity index (χ1n) is 4.49. The first-order chi connectivity index (χ1) is 5.95. The van der Waals surface area contributed by atoms with Crippen molar-refractivity contribution in [2.45, 2.75) is 37.3 Å². The van der Waals surface area contributed by atoms with Crippen LogP contribution in [0.3, 0.4) is 0 Å². The summed E-state index contributed by atoms with van der Waals surface area (Å²) >= 11 is 0. The number of rotatable bonds is 0. The average molecular weight is 168 g/mol. The minimum Gasteiger partial charge on any atom is -0.369 e. The SMILES string of the molecule is C1=CCC2OC(C1)C1OCOC21. The van der Waals surface area contributed by atoms with Gasteiger partial charge in [0.1, 0.15) is 19.0 Å². The summed E-state index contributed by atoms with van der Waals surface area (Å²) in [7, 11) is 0. The van der Waals surface area contributed by atoms with Gasteiger partial charge in [-0.1, -0.05) is 12.2 Å². The molecular weight excluding hydrogens is 156 g/mol. The van der Waals surface area contributed by atoms with Crippen LogP contribution in [0.15, 0.2) is 12.2 Å². The zero-order valence-electron chi connectivity index (χ0n) is 6.81. The molecule has 0 spiro atoms. The highest BCUT2D eigenvalue weighted by molar-refractivity contribution is 5.04. The second-order valence-electron chi connectivity index (χ2n) is 3.54. The molecule has 3 heterocycles. The fraction of sp³-hybridized carbons (Fsp3) is 0.778. The van der Waals surface area contributed by atoms with Crippen molar-refractivity contribution in [1.82, 2.24) is 0 Å². The Kier molecular flexibility index (Phi) is 1.50. The molecule has 4 unspecified atom stereocenters. The average Bonchev–Trinajstić information content (AvgIpc) is 2.53. The van der Waals surface area contributed by atoms with Crippen LogP contribution >= 0.6 is 0 Å². The van der Waals surface area contributed by atoms with Gasteiger partial charge in [-0.3, -0.25) is 0 Å². The summed E-state index contributed by atoms with van der Waals surface area (Å²) in [6.45, 7) is 0.450. The third kappa shape index (κ3) is 0.873. The molecule has 4 atom stereocenters. The largest absolute Gasteiger partial charge is 0.369 e. The zero-order valence-corrected chi connectivity index (χ0v) is 6.81. The van der Waals surface area contributed by atoms with Crippen molar-refractivity contribution in [2.75, 3.05) is 6.79 Å². The molecule has 0 aromatic rings. The van der Waals surface area contributed by atoms with E-state index in [1.165, 1.54) is 0 Å². The molecular formula is C9H12O3. The van der Waals surface area contributed by atoms with Gasteiger partial charge in [-0.25, -0.2) is 0 Å². The Bertz CT molecular complexity index is 194. The Labute approximate surface area is 71.3 Å². The van der Waals surface area contributed by atoms with E-state index >= 15 is 0 Å². The van der Waals surface area contributed by atoms with E-state index in [1.807, 2.05) is 0 Å². The van der Waals surface area contributed by atoms with E-state index in [4.69, 9.17) is 14.2 Å². The predicted octanol–water partition coefficient (Wildman–Crippen LogP) is 0.845. The lowest BCUT2D eigenvalue weighted by Gasteiger charge is -2.12. The van der Waals surface area contributed by atoms with Crippen LogP contribution in [-0.2, 0) is 14.2 Å². The van der Waals surface area contributed by atoms with Gasteiger partial charge < -0.3 is 14.2 Å². The van der Waals surface area contributed by atoms with Crippen molar-refractivity contribution in [2.24, 2.45) is 0 Å². The van der Waals surface area contributed by atoms with E-state index in [0.717, 1.165) is 12.8 Å². The van der Waals surface area contributed by atoms with E-state index < -0.39 is 0 Å². The highest BCUT2D eigenvalue weighted by Gasteiger charge is 2.48. The lowest BCUT2D eigenvalue weighted by atomic mass is 10.0. The molecule has 2 bridgehead atoms. The summed E-state index contributed by atoms with van der Waals surface area (Å²) in [4.78, 5) is 0. The number of hydrogen-bond donors (Lipinski definition) is 0. The summed E-state index contributed by atoms with van der Waals surface area (Å²) in [5, 5.41) is 0. The zero-order chi connectivity index (χ0) is 7.97. The van der Waals surface area contributed by atoms with Crippen LogP contribution in [0.25, 0.3) is 0 Å². The van der Waals surface area contributed by atoms with E-state index in [9.17, 15) is 0 Å². The van der Waals surface area contributed by atoms with Crippen LogP contribution in [0.4, 0.5) is 0 Å². The maximum Gasteiger partial charge on any atom is 0.148 e. The molecule has 0 aromatic carbocycles. The number of ether oxygens (including phenoxy) is 3. The highest BCUT2D eigenvalue weighted by atomic mass is 16.7. The predicted molar refractivity (Wildman–Crippen MR) is 41.6 cm³/mol. The number of hydrogen-bond acceptors (Lipinski definition) is 3. The normalized spacial score (nSPS) is 50.7. The molecule has 0 saturated carbocycles. The molecule has 66 valence electrons. The molecule has 2 fully saturated rings. The molecule has 12 heavy (non-hydrogen) atoms. The van der Waals surface area contributed by atoms with Crippen molar-refractivity contribution in [1.29, 1.82) is 0 Å². The Morgan fingerprint density at radius 1 is 0.917 bits per heavy atom. The summed E-state index contributed by atoms with van der Waals surface area (Å²) in [6, 6.07) is 0. The molecule has 0 aliphatic carbocycles. The summed E-state index contributed by atoms with van der Waals surface area (Å²) < 4.78 is 16.7. The van der Waals surface area contributed by atoms with Crippen LogP contribution in [-0.4, -0.2) is 31.2 Å². The Balaban J connectivity index is 1.89. The molecule has 0 aromatic heterocycles. The van der Waals surface area contributed by atoms with E-state index in [2.05, 4.69) is 12.2 Å². The minimum atomic E-state index is 0.194. The van der Waals surface area contributed by atoms with Crippen LogP contribution in [0.2, 0.25) is 0 Å². The van der Waals surface area contributed by atoms with Gasteiger partial charge in [-0.05, 0) is 12.8 Å².